The minimum atomic E-state index is -3.64. The molecule has 0 aliphatic carbocycles. The van der Waals surface area contributed by atoms with Crippen LogP contribution in [0.3, 0.4) is 0 Å². The molecule has 2 amide bonds. The minimum Gasteiger partial charge on any atom is -0.354 e. The number of halogens is 2. The zero-order chi connectivity index (χ0) is 26.2. The molecule has 0 aliphatic rings. The van der Waals surface area contributed by atoms with Gasteiger partial charge in [-0.15, -0.1) is 0 Å². The quantitative estimate of drug-likeness (QED) is 0.449. The molecule has 192 valence electrons. The number of carbonyl (C=O) groups is 2. The largest absolute Gasteiger partial charge is 0.354 e. The highest BCUT2D eigenvalue weighted by atomic mass is 35.5. The molecular formula is C25H33ClFN3O4S. The van der Waals surface area contributed by atoms with E-state index in [0.717, 1.165) is 10.6 Å². The highest BCUT2D eigenvalue weighted by Gasteiger charge is 2.27. The van der Waals surface area contributed by atoms with Crippen LogP contribution in [0, 0.1) is 11.7 Å². The lowest BCUT2D eigenvalue weighted by Crippen LogP contribution is -2.48. The number of anilines is 1. The van der Waals surface area contributed by atoms with Crippen molar-refractivity contribution in [1.29, 1.82) is 0 Å². The summed E-state index contributed by atoms with van der Waals surface area (Å²) in [5.41, 5.74) is 1.02. The van der Waals surface area contributed by atoms with Gasteiger partial charge in [-0.25, -0.2) is 12.8 Å². The van der Waals surface area contributed by atoms with Gasteiger partial charge in [0.15, 0.2) is 0 Å². The lowest BCUT2D eigenvalue weighted by atomic mass is 10.1. The van der Waals surface area contributed by atoms with E-state index < -0.39 is 21.9 Å². The SMILES string of the molecule is CC(C)CNC(=O)C(C)N(Cc1ccccc1Cl)C(=O)CCCN(c1ccc(F)cc1)S(C)(=O)=O. The van der Waals surface area contributed by atoms with Crippen LogP contribution in [-0.2, 0) is 26.2 Å². The molecule has 1 unspecified atom stereocenters. The van der Waals surface area contributed by atoms with Crippen LogP contribution in [-0.4, -0.2) is 50.5 Å². The van der Waals surface area contributed by atoms with E-state index in [-0.39, 0.29) is 43.7 Å². The molecule has 2 aromatic carbocycles. The van der Waals surface area contributed by atoms with Gasteiger partial charge in [0.2, 0.25) is 21.8 Å². The average Bonchev–Trinajstić information content (AvgIpc) is 2.79. The zero-order valence-electron chi connectivity index (χ0n) is 20.5. The molecular weight excluding hydrogens is 493 g/mol. The Labute approximate surface area is 212 Å². The number of nitrogens with zero attached hydrogens (tertiary/aromatic N) is 2. The van der Waals surface area contributed by atoms with Gasteiger partial charge in [0.1, 0.15) is 11.9 Å². The van der Waals surface area contributed by atoms with Crippen LogP contribution in [0.25, 0.3) is 0 Å². The first-order valence-electron chi connectivity index (χ1n) is 11.4. The third-order valence-corrected chi connectivity index (χ3v) is 6.98. The summed E-state index contributed by atoms with van der Waals surface area (Å²) in [6.07, 6.45) is 1.28. The number of hydrogen-bond acceptors (Lipinski definition) is 4. The summed E-state index contributed by atoms with van der Waals surface area (Å²) in [5.74, 6) is -0.794. The first kappa shape index (κ1) is 28.6. The van der Waals surface area contributed by atoms with Crippen molar-refractivity contribution in [2.75, 3.05) is 23.7 Å². The van der Waals surface area contributed by atoms with Gasteiger partial charge in [0.25, 0.3) is 0 Å². The van der Waals surface area contributed by atoms with Crippen LogP contribution in [0.15, 0.2) is 48.5 Å². The Hall–Kier alpha value is -2.65. The Morgan fingerprint density at radius 1 is 1.06 bits per heavy atom. The first-order valence-corrected chi connectivity index (χ1v) is 13.7. The number of benzene rings is 2. The summed E-state index contributed by atoms with van der Waals surface area (Å²) < 4.78 is 39.0. The average molecular weight is 526 g/mol. The molecule has 0 saturated carbocycles. The van der Waals surface area contributed by atoms with Crippen LogP contribution in [0.5, 0.6) is 0 Å². The number of sulfonamides is 1. The third kappa shape index (κ3) is 8.81. The Bertz CT molecular complexity index is 1110. The van der Waals surface area contributed by atoms with Crippen molar-refractivity contribution in [2.24, 2.45) is 5.92 Å². The third-order valence-electron chi connectivity index (χ3n) is 5.42. The second-order valence-electron chi connectivity index (χ2n) is 8.84. The fraction of sp³-hybridized carbons (Fsp3) is 0.440. The van der Waals surface area contributed by atoms with Gasteiger partial charge in [0, 0.05) is 31.1 Å². The second-order valence-corrected chi connectivity index (χ2v) is 11.2. The number of rotatable bonds is 12. The van der Waals surface area contributed by atoms with Gasteiger partial charge >= 0.3 is 0 Å². The number of amides is 2. The lowest BCUT2D eigenvalue weighted by Gasteiger charge is -2.30. The van der Waals surface area contributed by atoms with E-state index in [4.69, 9.17) is 11.6 Å². The van der Waals surface area contributed by atoms with E-state index in [1.165, 1.54) is 29.2 Å². The van der Waals surface area contributed by atoms with Crippen LogP contribution in [0.1, 0.15) is 39.2 Å². The summed E-state index contributed by atoms with van der Waals surface area (Å²) in [4.78, 5) is 27.4. The number of nitrogens with one attached hydrogen (secondary N) is 1. The Balaban J connectivity index is 2.16. The molecule has 2 rings (SSSR count). The molecule has 0 saturated heterocycles. The molecule has 10 heteroatoms. The van der Waals surface area contributed by atoms with Crippen molar-refractivity contribution in [1.82, 2.24) is 10.2 Å². The van der Waals surface area contributed by atoms with Crippen molar-refractivity contribution in [3.63, 3.8) is 0 Å². The molecule has 35 heavy (non-hydrogen) atoms. The molecule has 0 heterocycles. The predicted octanol–water partition coefficient (Wildman–Crippen LogP) is 4.21. The van der Waals surface area contributed by atoms with Gasteiger partial charge in [-0.05, 0) is 55.2 Å². The van der Waals surface area contributed by atoms with Gasteiger partial charge in [0.05, 0.1) is 11.9 Å². The normalized spacial score (nSPS) is 12.3. The minimum absolute atomic E-state index is 0.0134. The molecule has 7 nitrogen and oxygen atoms in total. The highest BCUT2D eigenvalue weighted by Crippen LogP contribution is 2.21. The van der Waals surface area contributed by atoms with Gasteiger partial charge < -0.3 is 10.2 Å². The smallest absolute Gasteiger partial charge is 0.242 e. The van der Waals surface area contributed by atoms with Crippen LogP contribution in [0.4, 0.5) is 10.1 Å². The first-order chi connectivity index (χ1) is 16.4. The van der Waals surface area contributed by atoms with E-state index in [1.807, 2.05) is 13.8 Å². The molecule has 1 N–H and O–H groups in total. The van der Waals surface area contributed by atoms with Crippen molar-refractivity contribution >= 4 is 39.1 Å². The predicted molar refractivity (Wildman–Crippen MR) is 137 cm³/mol. The highest BCUT2D eigenvalue weighted by molar-refractivity contribution is 7.92. The maximum Gasteiger partial charge on any atom is 0.242 e. The summed E-state index contributed by atoms with van der Waals surface area (Å²) in [7, 11) is -3.64. The molecule has 2 aromatic rings. The summed E-state index contributed by atoms with van der Waals surface area (Å²) in [5, 5.41) is 3.34. The summed E-state index contributed by atoms with van der Waals surface area (Å²) in [6.45, 7) is 6.27. The Kier molecular flexibility index (Phi) is 10.5. The molecule has 1 atom stereocenters. The number of hydrogen-bond donors (Lipinski definition) is 1. The zero-order valence-corrected chi connectivity index (χ0v) is 22.1. The fourth-order valence-electron chi connectivity index (χ4n) is 3.46. The lowest BCUT2D eigenvalue weighted by molar-refractivity contribution is -0.140. The second kappa shape index (κ2) is 12.9. The van der Waals surface area contributed by atoms with E-state index >= 15 is 0 Å². The van der Waals surface area contributed by atoms with Crippen molar-refractivity contribution in [3.8, 4) is 0 Å². The van der Waals surface area contributed by atoms with E-state index in [1.54, 1.807) is 31.2 Å². The van der Waals surface area contributed by atoms with E-state index in [9.17, 15) is 22.4 Å². The molecule has 0 fully saturated rings. The van der Waals surface area contributed by atoms with Crippen molar-refractivity contribution < 1.29 is 22.4 Å². The van der Waals surface area contributed by atoms with Crippen molar-refractivity contribution in [3.05, 3.63) is 64.9 Å². The molecule has 0 radical (unpaired) electrons. The summed E-state index contributed by atoms with van der Waals surface area (Å²) in [6, 6.07) is 11.5. The van der Waals surface area contributed by atoms with Gasteiger partial charge in [-0.2, -0.15) is 0 Å². The van der Waals surface area contributed by atoms with Crippen LogP contribution in [0.2, 0.25) is 5.02 Å². The van der Waals surface area contributed by atoms with Crippen LogP contribution >= 0.6 is 11.6 Å². The molecule has 0 bridgehead atoms. The maximum atomic E-state index is 13.3. The molecule has 0 aromatic heterocycles. The van der Waals surface area contributed by atoms with E-state index in [0.29, 0.717) is 22.8 Å². The van der Waals surface area contributed by atoms with Crippen molar-refractivity contribution in [2.45, 2.75) is 46.2 Å². The number of carbonyl (C=O) groups excluding carboxylic acids is 2. The van der Waals surface area contributed by atoms with Gasteiger partial charge in [-0.1, -0.05) is 43.6 Å². The monoisotopic (exact) mass is 525 g/mol. The molecule has 0 spiro atoms. The molecule has 0 aliphatic heterocycles. The Morgan fingerprint density at radius 3 is 2.26 bits per heavy atom. The van der Waals surface area contributed by atoms with Gasteiger partial charge in [-0.3, -0.25) is 13.9 Å². The maximum absolute atomic E-state index is 13.3. The fourth-order valence-corrected chi connectivity index (χ4v) is 4.62. The Morgan fingerprint density at radius 2 is 1.69 bits per heavy atom. The summed E-state index contributed by atoms with van der Waals surface area (Å²) >= 11 is 6.30. The van der Waals surface area contributed by atoms with Crippen LogP contribution < -0.4 is 9.62 Å². The topological polar surface area (TPSA) is 86.8 Å². The standard InChI is InChI=1S/C25H33ClFN3O4S/c1-18(2)16-28-25(32)19(3)29(17-20-8-5-6-9-23(20)26)24(31)10-7-15-30(35(4,33)34)22-13-11-21(27)12-14-22/h5-6,8-9,11-14,18-19H,7,10,15-17H2,1-4H3,(H,28,32). The van der Waals surface area contributed by atoms with E-state index in [2.05, 4.69) is 5.32 Å².